The highest BCUT2D eigenvalue weighted by atomic mass is 32.3. The molecule has 0 N–H and O–H groups in total. The predicted octanol–water partition coefficient (Wildman–Crippen LogP) is 0.734. The van der Waals surface area contributed by atoms with Crippen molar-refractivity contribution in [2.45, 2.75) is 0 Å². The van der Waals surface area contributed by atoms with Crippen molar-refractivity contribution in [3.8, 4) is 6.07 Å². The summed E-state index contributed by atoms with van der Waals surface area (Å²) in [6, 6.07) is 0.884. The van der Waals surface area contributed by atoms with E-state index in [-0.39, 0.29) is 0 Å². The Morgan fingerprint density at radius 1 is 1.55 bits per heavy atom. The Morgan fingerprint density at radius 3 is 1.91 bits per heavy atom. The minimum absolute atomic E-state index is 0.884. The Hall–Kier alpha value is -1.44. The van der Waals surface area contributed by atoms with Gasteiger partial charge in [-0.15, -0.1) is 13.2 Å². The van der Waals surface area contributed by atoms with Crippen LogP contribution in [-0.2, 0) is 10.2 Å². The van der Waals surface area contributed by atoms with Gasteiger partial charge in [0.05, 0.1) is 0 Å². The second-order valence-corrected chi connectivity index (χ2v) is 2.27. The lowest BCUT2D eigenvalue weighted by molar-refractivity contribution is 0.561. The molecule has 0 aliphatic rings. The van der Waals surface area contributed by atoms with E-state index in [0.29, 0.717) is 0 Å². The lowest BCUT2D eigenvalue weighted by Crippen LogP contribution is -1.92. The van der Waals surface area contributed by atoms with E-state index in [1.54, 1.807) is 0 Å². The van der Waals surface area contributed by atoms with Crippen LogP contribution in [0.3, 0.4) is 0 Å². The summed E-state index contributed by atoms with van der Waals surface area (Å²) >= 11 is 0. The summed E-state index contributed by atoms with van der Waals surface area (Å²) in [5.41, 5.74) is 0. The Bertz CT molecular complexity index is 308. The van der Waals surface area contributed by atoms with Crippen LogP contribution in [-0.4, -0.2) is 14.3 Å². The molecule has 4 nitrogen and oxygen atoms in total. The Balaban J connectivity index is 0. The van der Waals surface area contributed by atoms with E-state index in [0.717, 1.165) is 11.9 Å². The van der Waals surface area contributed by atoms with Crippen molar-refractivity contribution in [3.63, 3.8) is 0 Å². The maximum Gasteiger partial charge on any atom is 0.348 e. The summed E-state index contributed by atoms with van der Waals surface area (Å²) in [5.74, 6) is 0.884. The molecule has 0 bridgehead atoms. The lowest BCUT2D eigenvalue weighted by Gasteiger charge is -1.83. The molecule has 0 radical (unpaired) electrons. The van der Waals surface area contributed by atoms with Crippen LogP contribution in [0.5, 0.6) is 0 Å². The van der Waals surface area contributed by atoms with Gasteiger partial charge in [-0.05, 0) is 0 Å². The van der Waals surface area contributed by atoms with Crippen molar-refractivity contribution in [2.75, 3.05) is 0 Å². The minimum atomic E-state index is -5.07. The zero-order chi connectivity index (χ0) is 9.49. The highest BCUT2D eigenvalue weighted by molar-refractivity contribution is 7.91. The van der Waals surface area contributed by atoms with E-state index in [1.165, 1.54) is 0 Å². The molecule has 0 amide bonds. The topological polar surface area (TPSA) is 80.2 Å². The molecule has 0 saturated carbocycles. The van der Waals surface area contributed by atoms with Crippen molar-refractivity contribution in [3.05, 3.63) is 23.5 Å². The van der Waals surface area contributed by atoms with E-state index in [9.17, 15) is 12.3 Å². The predicted molar refractivity (Wildman–Crippen MR) is 38.8 cm³/mol. The number of nitriles is 1. The molecule has 60 valence electrons. The molecule has 0 aliphatic heterocycles. The van der Waals surface area contributed by atoms with E-state index in [4.69, 9.17) is 10.7 Å². The van der Waals surface area contributed by atoms with E-state index >= 15 is 0 Å². The van der Waals surface area contributed by atoms with Crippen LogP contribution in [0.15, 0.2) is 18.1 Å². The normalized spacial score (nSPS) is 8.00. The first-order chi connectivity index (χ1) is 5.02. The summed E-state index contributed by atoms with van der Waals surface area (Å²) in [4.78, 5) is -1.41. The summed E-state index contributed by atoms with van der Waals surface area (Å²) in [6.07, 6.45) is 0. The highest BCUT2D eigenvalue weighted by Crippen LogP contribution is 2.01. The maximum atomic E-state index is 11.5. The molecule has 0 unspecified atom stereocenters. The summed E-state index contributed by atoms with van der Waals surface area (Å²) < 4.78 is 30.8. The third kappa shape index (κ3) is 5.03. The van der Waals surface area contributed by atoms with Gasteiger partial charge >= 0.3 is 10.2 Å². The van der Waals surface area contributed by atoms with Crippen molar-refractivity contribution in [1.29, 1.82) is 5.26 Å². The van der Waals surface area contributed by atoms with Gasteiger partial charge in [0, 0.05) is 0 Å². The van der Waals surface area contributed by atoms with Crippen molar-refractivity contribution in [1.82, 2.24) is 0 Å². The van der Waals surface area contributed by atoms with Gasteiger partial charge in [-0.25, -0.2) is 5.87 Å². The van der Waals surface area contributed by atoms with Crippen molar-refractivity contribution < 1.29 is 12.3 Å². The Kier molecular flexibility index (Phi) is 5.96. The summed E-state index contributed by atoms with van der Waals surface area (Å²) in [6.45, 7) is 6.00. The van der Waals surface area contributed by atoms with Crippen LogP contribution in [0.1, 0.15) is 0 Å². The van der Waals surface area contributed by atoms with Gasteiger partial charge < -0.3 is 5.41 Å². The highest BCUT2D eigenvalue weighted by Gasteiger charge is 2.11. The molecule has 0 aliphatic carbocycles. The first-order valence-corrected chi connectivity index (χ1v) is 3.52. The quantitative estimate of drug-likeness (QED) is 0.255. The Labute approximate surface area is 64.0 Å². The molecule has 0 fully saturated rings. The monoisotopic (exact) mass is 175 g/mol. The van der Waals surface area contributed by atoms with Crippen molar-refractivity contribution >= 4 is 16.1 Å². The molecular formula is C5H4FN2O2S-. The number of hydrogen-bond acceptors (Lipinski definition) is 3. The fourth-order valence-electron chi connectivity index (χ4n) is 0.134. The zero-order valence-electron chi connectivity index (χ0n) is 5.41. The van der Waals surface area contributed by atoms with Gasteiger partial charge in [0.1, 0.15) is 6.07 Å². The van der Waals surface area contributed by atoms with Crippen LogP contribution in [0.2, 0.25) is 0 Å². The number of rotatable bonds is 1. The third-order valence-corrected chi connectivity index (χ3v) is 1.12. The third-order valence-electron chi connectivity index (χ3n) is 0.447. The fourth-order valence-corrected chi connectivity index (χ4v) is 0.352. The lowest BCUT2D eigenvalue weighted by atomic mass is 10.7. The largest absolute Gasteiger partial charge is 0.762 e. The summed E-state index contributed by atoms with van der Waals surface area (Å²) in [7, 11) is -5.07. The van der Waals surface area contributed by atoms with Gasteiger partial charge in [0.25, 0.3) is 0 Å². The molecule has 0 saturated heterocycles. The maximum absolute atomic E-state index is 11.5. The van der Waals surface area contributed by atoms with E-state index in [2.05, 4.69) is 13.2 Å². The van der Waals surface area contributed by atoms with Crippen LogP contribution in [0.25, 0.3) is 5.41 Å². The minimum Gasteiger partial charge on any atom is -0.762 e. The molecule has 0 spiro atoms. The van der Waals surface area contributed by atoms with Crippen LogP contribution in [0.4, 0.5) is 3.89 Å². The smallest absolute Gasteiger partial charge is 0.348 e. The second-order valence-electron chi connectivity index (χ2n) is 0.991. The van der Waals surface area contributed by atoms with Crippen LogP contribution < -0.4 is 0 Å². The van der Waals surface area contributed by atoms with Gasteiger partial charge in [0.2, 0.25) is 0 Å². The van der Waals surface area contributed by atoms with Crippen molar-refractivity contribution in [2.24, 2.45) is 0 Å². The first-order valence-electron chi connectivity index (χ1n) is 2.14. The van der Waals surface area contributed by atoms with Crippen LogP contribution >= 0.6 is 0 Å². The SMILES string of the molecule is C=C.N#CC(=C=[N-])S(=O)(=O)F. The number of allylic oxidation sites excluding steroid dienone is 1. The number of nitrogens with zero attached hydrogens (tertiary/aromatic N) is 2. The average Bonchev–Trinajstić information content (AvgIpc) is 1.92. The molecule has 6 heteroatoms. The standard InChI is InChI=1S/C3FN2O2S.C2H4/c4-9(7,8)3(1-5)2-6;1-2/h;1-2H2/q-1;. The molecule has 0 aromatic heterocycles. The molecular weight excluding hydrogens is 171 g/mol. The van der Waals surface area contributed by atoms with Gasteiger partial charge in [-0.1, -0.05) is 3.89 Å². The van der Waals surface area contributed by atoms with Gasteiger partial charge in [-0.2, -0.15) is 13.7 Å². The van der Waals surface area contributed by atoms with Crippen LogP contribution in [0, 0.1) is 11.3 Å². The van der Waals surface area contributed by atoms with E-state index < -0.39 is 15.1 Å². The molecule has 0 atom stereocenters. The van der Waals surface area contributed by atoms with Gasteiger partial charge in [0.15, 0.2) is 4.91 Å². The summed E-state index contributed by atoms with van der Waals surface area (Å²) in [5, 5.41) is 15.5. The molecule has 0 aromatic carbocycles. The van der Waals surface area contributed by atoms with E-state index in [1.807, 2.05) is 0 Å². The van der Waals surface area contributed by atoms with Gasteiger partial charge in [-0.3, -0.25) is 0 Å². The molecule has 0 heterocycles. The first kappa shape index (κ1) is 12.3. The molecule has 0 rings (SSSR count). The molecule has 0 aromatic rings. The zero-order valence-corrected chi connectivity index (χ0v) is 6.23. The second kappa shape index (κ2) is 5.35. The number of hydrogen-bond donors (Lipinski definition) is 0. The number of halogens is 1. The fraction of sp³-hybridized carbons (Fsp3) is 0. The molecule has 11 heavy (non-hydrogen) atoms. The Morgan fingerprint density at radius 2 is 1.91 bits per heavy atom. The average molecular weight is 175 g/mol.